The number of carbonyl (C=O) groups is 2. The summed E-state index contributed by atoms with van der Waals surface area (Å²) in [6, 6.07) is 13.5. The fourth-order valence-electron chi connectivity index (χ4n) is 3.74. The third-order valence-electron chi connectivity index (χ3n) is 5.06. The third kappa shape index (κ3) is 4.35. The van der Waals surface area contributed by atoms with Crippen LogP contribution >= 0.6 is 11.6 Å². The maximum absolute atomic E-state index is 14.2. The second-order valence-electron chi connectivity index (χ2n) is 6.78. The van der Waals surface area contributed by atoms with Crippen molar-refractivity contribution >= 4 is 23.5 Å². The van der Waals surface area contributed by atoms with Gasteiger partial charge in [-0.25, -0.2) is 9.18 Å². The molecule has 4 nitrogen and oxygen atoms in total. The van der Waals surface area contributed by atoms with Gasteiger partial charge in [0.15, 0.2) is 0 Å². The molecule has 0 spiro atoms. The number of esters is 1. The third-order valence-corrected chi connectivity index (χ3v) is 5.41. The molecule has 0 radical (unpaired) electrons. The molecule has 152 valence electrons. The molecule has 1 heterocycles. The van der Waals surface area contributed by atoms with Crippen LogP contribution in [0.3, 0.4) is 0 Å². The lowest BCUT2D eigenvalue weighted by molar-refractivity contribution is -0.140. The molecule has 1 atom stereocenters. The van der Waals surface area contributed by atoms with Crippen LogP contribution in [0.25, 0.3) is 0 Å². The van der Waals surface area contributed by atoms with Gasteiger partial charge in [-0.15, -0.1) is 0 Å². The van der Waals surface area contributed by atoms with Gasteiger partial charge in [0, 0.05) is 28.6 Å². The first kappa shape index (κ1) is 21.1. The summed E-state index contributed by atoms with van der Waals surface area (Å²) in [5, 5.41) is 0.491. The molecule has 29 heavy (non-hydrogen) atoms. The first-order valence-corrected chi connectivity index (χ1v) is 10.0. The molecule has 6 heteroatoms. The molecular weight excluding hydrogens is 393 g/mol. The fourth-order valence-corrected chi connectivity index (χ4v) is 4.01. The van der Waals surface area contributed by atoms with Crippen molar-refractivity contribution in [3.05, 3.63) is 81.8 Å². The molecule has 3 rings (SSSR count). The summed E-state index contributed by atoms with van der Waals surface area (Å²) in [7, 11) is 0. The highest BCUT2D eigenvalue weighted by molar-refractivity contribution is 6.31. The zero-order valence-electron chi connectivity index (χ0n) is 16.5. The molecule has 2 aromatic rings. The van der Waals surface area contributed by atoms with E-state index in [9.17, 15) is 14.0 Å². The zero-order valence-corrected chi connectivity index (χ0v) is 17.2. The molecule has 0 aromatic heterocycles. The van der Waals surface area contributed by atoms with Gasteiger partial charge < -0.3 is 9.64 Å². The molecule has 0 bridgehead atoms. The number of ether oxygens (including phenoxy) is 1. The number of carbonyl (C=O) groups excluding carboxylic acids is 2. The molecule has 0 aliphatic carbocycles. The highest BCUT2D eigenvalue weighted by atomic mass is 35.5. The second kappa shape index (κ2) is 9.23. The predicted molar refractivity (Wildman–Crippen MR) is 110 cm³/mol. The number of amides is 1. The van der Waals surface area contributed by atoms with Crippen LogP contribution in [0.4, 0.5) is 4.39 Å². The Morgan fingerprint density at radius 2 is 1.86 bits per heavy atom. The van der Waals surface area contributed by atoms with Gasteiger partial charge in [0.2, 0.25) is 5.91 Å². The van der Waals surface area contributed by atoms with Crippen molar-refractivity contribution in [2.45, 2.75) is 39.2 Å². The maximum atomic E-state index is 14.2. The number of hydrogen-bond donors (Lipinski definition) is 0. The first-order chi connectivity index (χ1) is 14.0. The van der Waals surface area contributed by atoms with Gasteiger partial charge in [0.25, 0.3) is 0 Å². The van der Waals surface area contributed by atoms with Crippen molar-refractivity contribution < 1.29 is 18.7 Å². The van der Waals surface area contributed by atoms with E-state index in [-0.39, 0.29) is 31.3 Å². The Labute approximate surface area is 174 Å². The lowest BCUT2D eigenvalue weighted by Crippen LogP contribution is -2.39. The summed E-state index contributed by atoms with van der Waals surface area (Å²) in [5.41, 5.74) is 2.07. The van der Waals surface area contributed by atoms with Gasteiger partial charge in [0.1, 0.15) is 5.82 Å². The second-order valence-corrected chi connectivity index (χ2v) is 7.19. The lowest BCUT2D eigenvalue weighted by atomic mass is 9.82. The molecule has 2 aromatic carbocycles. The highest BCUT2D eigenvalue weighted by Gasteiger charge is 2.38. The SMILES string of the molecule is CCOC(=O)C1=C(CC)N(Cc2ccccc2F)C(=O)C[C@@H]1c1ccccc1Cl. The van der Waals surface area contributed by atoms with E-state index in [4.69, 9.17) is 16.3 Å². The van der Waals surface area contributed by atoms with Gasteiger partial charge in [-0.2, -0.15) is 0 Å². The van der Waals surface area contributed by atoms with Crippen LogP contribution in [0.15, 0.2) is 59.8 Å². The Kier molecular flexibility index (Phi) is 6.70. The smallest absolute Gasteiger partial charge is 0.336 e. The molecule has 1 aliphatic rings. The standard InChI is InChI=1S/C23H23ClFNO3/c1-3-20-22(23(28)29-4-2)17(16-10-6-7-11-18(16)24)13-21(27)26(20)14-15-9-5-8-12-19(15)25/h5-12,17H,3-4,13-14H2,1-2H3/t17-/m1/s1. The number of allylic oxidation sites excluding steroid dienone is 1. The molecule has 0 unspecified atom stereocenters. The largest absolute Gasteiger partial charge is 0.463 e. The van der Waals surface area contributed by atoms with Crippen LogP contribution in [0.2, 0.25) is 5.02 Å². The van der Waals surface area contributed by atoms with Gasteiger partial charge >= 0.3 is 5.97 Å². The van der Waals surface area contributed by atoms with Crippen molar-refractivity contribution in [3.63, 3.8) is 0 Å². The number of rotatable bonds is 6. The molecule has 0 saturated heterocycles. The molecule has 1 aliphatic heterocycles. The van der Waals surface area contributed by atoms with Gasteiger partial charge in [0.05, 0.1) is 18.7 Å². The first-order valence-electron chi connectivity index (χ1n) is 9.66. The molecule has 0 N–H and O–H groups in total. The average Bonchev–Trinajstić information content (AvgIpc) is 2.71. The van der Waals surface area contributed by atoms with Crippen molar-refractivity contribution in [2.24, 2.45) is 0 Å². The van der Waals surface area contributed by atoms with Crippen LogP contribution in [0.1, 0.15) is 43.7 Å². The van der Waals surface area contributed by atoms with E-state index < -0.39 is 11.9 Å². The summed E-state index contributed by atoms with van der Waals surface area (Å²) in [4.78, 5) is 27.5. The minimum absolute atomic E-state index is 0.0623. The zero-order chi connectivity index (χ0) is 21.0. The predicted octanol–water partition coefficient (Wildman–Crippen LogP) is 5.22. The van der Waals surface area contributed by atoms with Crippen molar-refractivity contribution in [3.8, 4) is 0 Å². The van der Waals surface area contributed by atoms with E-state index in [1.54, 1.807) is 37.3 Å². The Morgan fingerprint density at radius 3 is 2.52 bits per heavy atom. The molecular formula is C23H23ClFNO3. The topological polar surface area (TPSA) is 46.6 Å². The van der Waals surface area contributed by atoms with E-state index in [0.717, 1.165) is 0 Å². The summed E-state index contributed by atoms with van der Waals surface area (Å²) < 4.78 is 19.5. The van der Waals surface area contributed by atoms with Crippen molar-refractivity contribution in [2.75, 3.05) is 6.61 Å². The van der Waals surface area contributed by atoms with Crippen LogP contribution in [-0.2, 0) is 20.9 Å². The number of nitrogens with zero attached hydrogens (tertiary/aromatic N) is 1. The number of halogens is 2. The normalized spacial score (nSPS) is 16.9. The van der Waals surface area contributed by atoms with E-state index in [2.05, 4.69) is 0 Å². The van der Waals surface area contributed by atoms with Crippen LogP contribution in [-0.4, -0.2) is 23.4 Å². The van der Waals surface area contributed by atoms with Gasteiger partial charge in [-0.3, -0.25) is 4.79 Å². The van der Waals surface area contributed by atoms with Gasteiger partial charge in [-0.1, -0.05) is 54.9 Å². The van der Waals surface area contributed by atoms with Crippen LogP contribution in [0, 0.1) is 5.82 Å². The van der Waals surface area contributed by atoms with Crippen molar-refractivity contribution in [1.29, 1.82) is 0 Å². The maximum Gasteiger partial charge on any atom is 0.336 e. The minimum atomic E-state index is -0.498. The Hall–Kier alpha value is -2.66. The Bertz CT molecular complexity index is 957. The van der Waals surface area contributed by atoms with E-state index >= 15 is 0 Å². The number of benzene rings is 2. The average molecular weight is 416 g/mol. The molecule has 0 saturated carbocycles. The number of hydrogen-bond acceptors (Lipinski definition) is 3. The van der Waals surface area contributed by atoms with Gasteiger partial charge in [-0.05, 0) is 31.0 Å². The van der Waals surface area contributed by atoms with Crippen LogP contribution < -0.4 is 0 Å². The monoisotopic (exact) mass is 415 g/mol. The summed E-state index contributed by atoms with van der Waals surface area (Å²) in [6.07, 6.45) is 0.491. The minimum Gasteiger partial charge on any atom is -0.463 e. The highest BCUT2D eigenvalue weighted by Crippen LogP contribution is 2.41. The van der Waals surface area contributed by atoms with Crippen LogP contribution in [0.5, 0.6) is 0 Å². The van der Waals surface area contributed by atoms with E-state index in [0.29, 0.717) is 33.8 Å². The molecule has 0 fully saturated rings. The lowest BCUT2D eigenvalue weighted by Gasteiger charge is -2.36. The van der Waals surface area contributed by atoms with E-state index in [1.807, 2.05) is 19.1 Å². The Morgan fingerprint density at radius 1 is 1.17 bits per heavy atom. The van der Waals surface area contributed by atoms with Crippen molar-refractivity contribution in [1.82, 2.24) is 4.90 Å². The summed E-state index contributed by atoms with van der Waals surface area (Å²) in [5.74, 6) is -1.54. The quantitative estimate of drug-likeness (QED) is 0.607. The Balaban J connectivity index is 2.12. The molecule has 1 amide bonds. The fraction of sp³-hybridized carbons (Fsp3) is 0.304. The summed E-state index contributed by atoms with van der Waals surface area (Å²) in [6.45, 7) is 3.88. The van der Waals surface area contributed by atoms with E-state index in [1.165, 1.54) is 11.0 Å². The summed E-state index contributed by atoms with van der Waals surface area (Å²) >= 11 is 6.38.